The number of sulfone groups is 1. The number of amides is 2. The first-order chi connectivity index (χ1) is 10.5. The molecule has 1 aromatic carbocycles. The fourth-order valence-electron chi connectivity index (χ4n) is 2.29. The lowest BCUT2D eigenvalue weighted by atomic mass is 9.90. The summed E-state index contributed by atoms with van der Waals surface area (Å²) < 4.78 is 23.0. The number of carbonyl (C=O) groups is 2. The fourth-order valence-corrected chi connectivity index (χ4v) is 2.92. The zero-order valence-electron chi connectivity index (χ0n) is 12.6. The molecule has 0 radical (unpaired) electrons. The van der Waals surface area contributed by atoms with Crippen LogP contribution in [0.2, 0.25) is 0 Å². The third-order valence-corrected chi connectivity index (χ3v) is 4.71. The van der Waals surface area contributed by atoms with E-state index in [0.29, 0.717) is 5.56 Å². The maximum atomic E-state index is 12.2. The van der Waals surface area contributed by atoms with E-state index in [1.54, 1.807) is 0 Å². The van der Waals surface area contributed by atoms with Crippen LogP contribution >= 0.6 is 0 Å². The lowest BCUT2D eigenvalue weighted by Crippen LogP contribution is -2.58. The molecule has 1 atom stereocenters. The van der Waals surface area contributed by atoms with Crippen LogP contribution in [0.25, 0.3) is 0 Å². The van der Waals surface area contributed by atoms with E-state index < -0.39 is 27.4 Å². The van der Waals surface area contributed by atoms with Gasteiger partial charge in [-0.15, -0.1) is 0 Å². The van der Waals surface area contributed by atoms with E-state index in [4.69, 9.17) is 5.11 Å². The summed E-state index contributed by atoms with van der Waals surface area (Å²) in [5.41, 5.74) is -1.61. The number of hydroxylamine groups is 2. The summed E-state index contributed by atoms with van der Waals surface area (Å²) in [4.78, 5) is 23.4. The topological polar surface area (TPSA) is 128 Å². The molecule has 9 nitrogen and oxygen atoms in total. The summed E-state index contributed by atoms with van der Waals surface area (Å²) in [7, 11) is -2.07. The Morgan fingerprint density at radius 1 is 1.30 bits per heavy atom. The van der Waals surface area contributed by atoms with Crippen molar-refractivity contribution in [3.63, 3.8) is 0 Å². The molecular formula is C13H15N3O6S. The number of rotatable bonds is 3. The van der Waals surface area contributed by atoms with Crippen molar-refractivity contribution in [3.8, 4) is 0 Å². The molecule has 0 bridgehead atoms. The van der Waals surface area contributed by atoms with Crippen molar-refractivity contribution in [2.75, 3.05) is 13.3 Å². The molecule has 0 saturated heterocycles. The van der Waals surface area contributed by atoms with Crippen molar-refractivity contribution >= 4 is 27.5 Å². The Kier molecular flexibility index (Phi) is 3.91. The number of carbonyl (C=O) groups excluding carboxylic acids is 1. The normalized spacial score (nSPS) is 21.3. The van der Waals surface area contributed by atoms with Crippen molar-refractivity contribution in [1.82, 2.24) is 10.1 Å². The summed E-state index contributed by atoms with van der Waals surface area (Å²) >= 11 is 0. The predicted octanol–water partition coefficient (Wildman–Crippen LogP) is 0.394. The quantitative estimate of drug-likeness (QED) is 0.605. The first kappa shape index (κ1) is 16.9. The van der Waals surface area contributed by atoms with Crippen LogP contribution in [0.3, 0.4) is 0 Å². The molecule has 0 fully saturated rings. The average molecular weight is 341 g/mol. The van der Waals surface area contributed by atoms with Gasteiger partial charge in [0.15, 0.2) is 15.4 Å². The molecule has 1 aromatic rings. The van der Waals surface area contributed by atoms with Crippen LogP contribution in [0.1, 0.15) is 12.5 Å². The summed E-state index contributed by atoms with van der Waals surface area (Å²) in [6.07, 6.45) is -0.659. The molecule has 0 aliphatic carbocycles. The smallest absolute Gasteiger partial charge is 0.432 e. The molecule has 0 aromatic heterocycles. The van der Waals surface area contributed by atoms with Crippen LogP contribution in [0.5, 0.6) is 0 Å². The Bertz CT molecular complexity index is 802. The van der Waals surface area contributed by atoms with Gasteiger partial charge in [0, 0.05) is 18.9 Å². The van der Waals surface area contributed by atoms with Crippen molar-refractivity contribution in [3.05, 3.63) is 29.8 Å². The van der Waals surface area contributed by atoms with E-state index in [0.717, 1.165) is 11.3 Å². The molecule has 23 heavy (non-hydrogen) atoms. The first-order valence-electron chi connectivity index (χ1n) is 6.39. The van der Waals surface area contributed by atoms with E-state index in [1.165, 1.54) is 38.2 Å². The van der Waals surface area contributed by atoms with Crippen molar-refractivity contribution in [1.29, 1.82) is 0 Å². The van der Waals surface area contributed by atoms with Gasteiger partial charge >= 0.3 is 6.09 Å². The van der Waals surface area contributed by atoms with Gasteiger partial charge in [-0.05, 0) is 19.1 Å². The van der Waals surface area contributed by atoms with Gasteiger partial charge < -0.3 is 5.11 Å². The summed E-state index contributed by atoms with van der Waals surface area (Å²) in [5, 5.41) is 23.6. The van der Waals surface area contributed by atoms with Crippen molar-refractivity contribution in [2.45, 2.75) is 17.4 Å². The standard InChI is InChI=1S/C13H15N3O6S/c1-13(16(20)12(18)19)10(14-15(2)11(13)17)8-4-6-9(7-5-8)23(3,21)22/h4-7,20H,1-3H3,(H,18,19). The Balaban J connectivity index is 2.54. The van der Waals surface area contributed by atoms with Crippen LogP contribution in [0.15, 0.2) is 34.3 Å². The molecule has 124 valence electrons. The third-order valence-electron chi connectivity index (χ3n) is 3.58. The molecule has 1 aliphatic rings. The lowest BCUT2D eigenvalue weighted by molar-refractivity contribution is -0.155. The number of benzene rings is 1. The minimum Gasteiger partial charge on any atom is -0.463 e. The largest absolute Gasteiger partial charge is 0.463 e. The summed E-state index contributed by atoms with van der Waals surface area (Å²) in [6, 6.07) is 5.43. The summed E-state index contributed by atoms with van der Waals surface area (Å²) in [5.74, 6) is -0.732. The van der Waals surface area contributed by atoms with E-state index in [-0.39, 0.29) is 15.7 Å². The fraction of sp³-hybridized carbons (Fsp3) is 0.308. The molecule has 10 heteroatoms. The second kappa shape index (κ2) is 5.32. The predicted molar refractivity (Wildman–Crippen MR) is 78.9 cm³/mol. The summed E-state index contributed by atoms with van der Waals surface area (Å²) in [6.45, 7) is 1.22. The Morgan fingerprint density at radius 3 is 2.26 bits per heavy atom. The maximum absolute atomic E-state index is 12.2. The Hall–Kier alpha value is -2.46. The van der Waals surface area contributed by atoms with E-state index in [2.05, 4.69) is 5.10 Å². The third kappa shape index (κ3) is 2.66. The number of carboxylic acid groups (broad SMARTS) is 1. The number of likely N-dealkylation sites (N-methyl/N-ethyl adjacent to an activating group) is 1. The van der Waals surface area contributed by atoms with Gasteiger partial charge in [-0.3, -0.25) is 10.0 Å². The lowest BCUT2D eigenvalue weighted by Gasteiger charge is -2.29. The van der Waals surface area contributed by atoms with Crippen LogP contribution in [-0.2, 0) is 14.6 Å². The van der Waals surface area contributed by atoms with Gasteiger partial charge in [-0.1, -0.05) is 12.1 Å². The second-order valence-corrected chi connectivity index (χ2v) is 7.26. The van der Waals surface area contributed by atoms with Gasteiger partial charge in [-0.2, -0.15) is 10.2 Å². The highest BCUT2D eigenvalue weighted by Crippen LogP contribution is 2.29. The molecule has 1 heterocycles. The molecule has 2 rings (SSSR count). The molecule has 0 spiro atoms. The van der Waals surface area contributed by atoms with Gasteiger partial charge in [0.05, 0.1) is 4.90 Å². The van der Waals surface area contributed by atoms with Crippen molar-refractivity contribution < 1.29 is 28.3 Å². The molecular weight excluding hydrogens is 326 g/mol. The van der Waals surface area contributed by atoms with Gasteiger partial charge in [-0.25, -0.2) is 18.2 Å². The molecule has 2 amide bonds. The highest BCUT2D eigenvalue weighted by atomic mass is 32.2. The van der Waals surface area contributed by atoms with E-state index >= 15 is 0 Å². The van der Waals surface area contributed by atoms with E-state index in [1.807, 2.05) is 0 Å². The molecule has 1 unspecified atom stereocenters. The molecule has 1 aliphatic heterocycles. The molecule has 0 saturated carbocycles. The van der Waals surface area contributed by atoms with Crippen LogP contribution in [-0.4, -0.2) is 65.4 Å². The zero-order valence-corrected chi connectivity index (χ0v) is 13.4. The number of hydrazone groups is 1. The Morgan fingerprint density at radius 2 is 1.83 bits per heavy atom. The highest BCUT2D eigenvalue weighted by molar-refractivity contribution is 7.90. The van der Waals surface area contributed by atoms with Crippen LogP contribution < -0.4 is 0 Å². The van der Waals surface area contributed by atoms with Gasteiger partial charge in [0.1, 0.15) is 5.71 Å². The number of nitrogens with zero attached hydrogens (tertiary/aromatic N) is 3. The number of hydrogen-bond donors (Lipinski definition) is 2. The van der Waals surface area contributed by atoms with Crippen LogP contribution in [0.4, 0.5) is 4.79 Å². The zero-order chi connectivity index (χ0) is 17.6. The van der Waals surface area contributed by atoms with E-state index in [9.17, 15) is 23.2 Å². The first-order valence-corrected chi connectivity index (χ1v) is 8.28. The monoisotopic (exact) mass is 341 g/mol. The second-order valence-electron chi connectivity index (χ2n) is 5.24. The number of hydrogen-bond acceptors (Lipinski definition) is 6. The average Bonchev–Trinajstić information content (AvgIpc) is 2.71. The van der Waals surface area contributed by atoms with Crippen LogP contribution in [0, 0.1) is 0 Å². The van der Waals surface area contributed by atoms with Gasteiger partial charge in [0.2, 0.25) is 0 Å². The SMILES string of the molecule is CN1N=C(c2ccc(S(C)(=O)=O)cc2)C(C)(N(O)C(=O)O)C1=O. The molecule has 2 N–H and O–H groups in total. The Labute approximate surface area is 132 Å². The highest BCUT2D eigenvalue weighted by Gasteiger charge is 2.53. The minimum atomic E-state index is -3.39. The minimum absolute atomic E-state index is 0.00467. The van der Waals surface area contributed by atoms with Gasteiger partial charge in [0.25, 0.3) is 5.91 Å². The maximum Gasteiger partial charge on any atom is 0.432 e. The van der Waals surface area contributed by atoms with Crippen molar-refractivity contribution in [2.24, 2.45) is 5.10 Å².